The van der Waals surface area contributed by atoms with Crippen LogP contribution in [0.25, 0.3) is 10.2 Å². The zero-order valence-corrected chi connectivity index (χ0v) is 15.2. The summed E-state index contributed by atoms with van der Waals surface area (Å²) in [6.45, 7) is 5.40. The molecule has 1 aromatic carbocycles. The molecule has 0 saturated carbocycles. The average Bonchev–Trinajstić information content (AvgIpc) is 2.88. The molecule has 0 fully saturated rings. The number of benzene rings is 1. The van der Waals surface area contributed by atoms with Crippen LogP contribution in [0.4, 0.5) is 0 Å². The van der Waals surface area contributed by atoms with Crippen molar-refractivity contribution < 1.29 is 4.79 Å². The number of carbonyl (C=O) groups excluding carboxylic acids is 1. The van der Waals surface area contributed by atoms with Gasteiger partial charge in [0, 0.05) is 6.04 Å². The van der Waals surface area contributed by atoms with Crippen LogP contribution in [0.3, 0.4) is 0 Å². The lowest BCUT2D eigenvalue weighted by atomic mass is 10.1. The molecule has 1 amide bonds. The van der Waals surface area contributed by atoms with Crippen molar-refractivity contribution in [3.8, 4) is 0 Å². The first kappa shape index (κ1) is 17.9. The summed E-state index contributed by atoms with van der Waals surface area (Å²) >= 11 is 1.70. The molecule has 0 spiro atoms. The minimum atomic E-state index is 0.0950. The molecule has 0 aliphatic carbocycles. The summed E-state index contributed by atoms with van der Waals surface area (Å²) in [5, 5.41) is 4.14. The van der Waals surface area contributed by atoms with E-state index in [0.717, 1.165) is 16.9 Å². The zero-order chi connectivity index (χ0) is 16.7. The van der Waals surface area contributed by atoms with Crippen molar-refractivity contribution in [3.05, 3.63) is 29.3 Å². The quantitative estimate of drug-likeness (QED) is 0.710. The molecule has 2 rings (SSSR count). The zero-order valence-electron chi connectivity index (χ0n) is 14.3. The molecule has 23 heavy (non-hydrogen) atoms. The molecule has 0 bridgehead atoms. The highest BCUT2D eigenvalue weighted by molar-refractivity contribution is 7.18. The molecule has 4 nitrogen and oxygen atoms in total. The fourth-order valence-electron chi connectivity index (χ4n) is 2.61. The van der Waals surface area contributed by atoms with E-state index in [2.05, 4.69) is 30.2 Å². The Morgan fingerprint density at radius 1 is 1.35 bits per heavy atom. The topological polar surface area (TPSA) is 45.2 Å². The Bertz CT molecular complexity index is 593. The van der Waals surface area contributed by atoms with Crippen LogP contribution >= 0.6 is 11.3 Å². The largest absolute Gasteiger partial charge is 0.353 e. The number of para-hydroxylation sites is 1. The second-order valence-electron chi connectivity index (χ2n) is 6.21. The molecule has 126 valence electrons. The molecule has 1 unspecified atom stereocenters. The van der Waals surface area contributed by atoms with Crippen LogP contribution in [0.1, 0.15) is 44.5 Å². The van der Waals surface area contributed by atoms with Gasteiger partial charge in [-0.1, -0.05) is 38.3 Å². The number of likely N-dealkylation sites (N-methyl/N-ethyl adjacent to an activating group) is 1. The van der Waals surface area contributed by atoms with E-state index in [1.807, 2.05) is 30.1 Å². The Labute approximate surface area is 142 Å². The van der Waals surface area contributed by atoms with Crippen LogP contribution in [0.15, 0.2) is 24.3 Å². The van der Waals surface area contributed by atoms with Crippen molar-refractivity contribution in [2.24, 2.45) is 0 Å². The smallest absolute Gasteiger partial charge is 0.234 e. The SMILES string of the molecule is CCCCCC(C)NC(=O)CN(C)Cc1nc2ccccc2s1. The summed E-state index contributed by atoms with van der Waals surface area (Å²) < 4.78 is 1.20. The third-order valence-corrected chi connectivity index (χ3v) is 4.83. The number of nitrogens with one attached hydrogen (secondary N) is 1. The van der Waals surface area contributed by atoms with Gasteiger partial charge in [0.1, 0.15) is 5.01 Å². The van der Waals surface area contributed by atoms with E-state index in [1.54, 1.807) is 11.3 Å². The van der Waals surface area contributed by atoms with Crippen molar-refractivity contribution in [1.29, 1.82) is 0 Å². The summed E-state index contributed by atoms with van der Waals surface area (Å²) in [4.78, 5) is 18.7. The van der Waals surface area contributed by atoms with Crippen LogP contribution < -0.4 is 5.32 Å². The molecule has 1 atom stereocenters. The number of amides is 1. The van der Waals surface area contributed by atoms with E-state index in [4.69, 9.17) is 0 Å². The monoisotopic (exact) mass is 333 g/mol. The fraction of sp³-hybridized carbons (Fsp3) is 0.556. The van der Waals surface area contributed by atoms with Gasteiger partial charge >= 0.3 is 0 Å². The summed E-state index contributed by atoms with van der Waals surface area (Å²) in [6.07, 6.45) is 4.68. The third kappa shape index (κ3) is 5.92. The van der Waals surface area contributed by atoms with Gasteiger partial charge in [-0.25, -0.2) is 4.98 Å². The maximum absolute atomic E-state index is 12.1. The lowest BCUT2D eigenvalue weighted by Crippen LogP contribution is -2.39. The number of unbranched alkanes of at least 4 members (excludes halogenated alkanes) is 2. The number of hydrogen-bond acceptors (Lipinski definition) is 4. The van der Waals surface area contributed by atoms with Crippen molar-refractivity contribution in [3.63, 3.8) is 0 Å². The standard InChI is InChI=1S/C18H27N3OS/c1-4-5-6-9-14(2)19-17(22)12-21(3)13-18-20-15-10-7-8-11-16(15)23-18/h7-8,10-11,14H,4-6,9,12-13H2,1-3H3,(H,19,22). The van der Waals surface area contributed by atoms with Gasteiger partial charge in [-0.15, -0.1) is 11.3 Å². The minimum absolute atomic E-state index is 0.0950. The van der Waals surface area contributed by atoms with Crippen molar-refractivity contribution in [2.75, 3.05) is 13.6 Å². The number of fused-ring (bicyclic) bond motifs is 1. The summed E-state index contributed by atoms with van der Waals surface area (Å²) in [5.41, 5.74) is 1.04. The highest BCUT2D eigenvalue weighted by Gasteiger charge is 2.12. The van der Waals surface area contributed by atoms with Gasteiger partial charge in [-0.05, 0) is 32.5 Å². The van der Waals surface area contributed by atoms with Crippen LogP contribution in [-0.4, -0.2) is 35.4 Å². The van der Waals surface area contributed by atoms with Gasteiger partial charge in [0.2, 0.25) is 5.91 Å². The molecule has 1 N–H and O–H groups in total. The minimum Gasteiger partial charge on any atom is -0.353 e. The first-order chi connectivity index (χ1) is 11.1. The number of nitrogens with zero attached hydrogens (tertiary/aromatic N) is 2. The first-order valence-corrected chi connectivity index (χ1v) is 9.22. The Hall–Kier alpha value is -1.46. The molecule has 1 aromatic heterocycles. The maximum atomic E-state index is 12.1. The normalized spacial score (nSPS) is 12.7. The average molecular weight is 334 g/mol. The highest BCUT2D eigenvalue weighted by atomic mass is 32.1. The van der Waals surface area contributed by atoms with E-state index in [0.29, 0.717) is 13.1 Å². The van der Waals surface area contributed by atoms with E-state index in [1.165, 1.54) is 24.0 Å². The van der Waals surface area contributed by atoms with E-state index < -0.39 is 0 Å². The van der Waals surface area contributed by atoms with Crippen LogP contribution in [0.5, 0.6) is 0 Å². The van der Waals surface area contributed by atoms with E-state index in [-0.39, 0.29) is 11.9 Å². The number of carbonyl (C=O) groups is 1. The molecule has 0 aliphatic rings. The Balaban J connectivity index is 1.77. The predicted molar refractivity (Wildman–Crippen MR) is 97.7 cm³/mol. The molecular weight excluding hydrogens is 306 g/mol. The molecule has 0 aliphatic heterocycles. The highest BCUT2D eigenvalue weighted by Crippen LogP contribution is 2.22. The predicted octanol–water partition coefficient (Wildman–Crippen LogP) is 3.81. The molecule has 1 heterocycles. The van der Waals surface area contributed by atoms with Gasteiger partial charge in [0.25, 0.3) is 0 Å². The number of hydrogen-bond donors (Lipinski definition) is 1. The van der Waals surface area contributed by atoms with Crippen LogP contribution in [-0.2, 0) is 11.3 Å². The summed E-state index contributed by atoms with van der Waals surface area (Å²) in [5.74, 6) is 0.0950. The van der Waals surface area contributed by atoms with Crippen LogP contribution in [0.2, 0.25) is 0 Å². The third-order valence-electron chi connectivity index (χ3n) is 3.80. The lowest BCUT2D eigenvalue weighted by Gasteiger charge is -2.18. The molecular formula is C18H27N3OS. The van der Waals surface area contributed by atoms with Crippen LogP contribution in [0, 0.1) is 0 Å². The number of rotatable bonds is 9. The van der Waals surface area contributed by atoms with Gasteiger partial charge in [-0.2, -0.15) is 0 Å². The lowest BCUT2D eigenvalue weighted by molar-refractivity contribution is -0.122. The number of aromatic nitrogens is 1. The Morgan fingerprint density at radius 3 is 2.87 bits per heavy atom. The Morgan fingerprint density at radius 2 is 2.13 bits per heavy atom. The summed E-state index contributed by atoms with van der Waals surface area (Å²) in [6, 6.07) is 8.40. The van der Waals surface area contributed by atoms with Crippen molar-refractivity contribution >= 4 is 27.5 Å². The second-order valence-corrected chi connectivity index (χ2v) is 7.33. The maximum Gasteiger partial charge on any atom is 0.234 e. The fourth-order valence-corrected chi connectivity index (χ4v) is 3.66. The molecule has 0 radical (unpaired) electrons. The summed E-state index contributed by atoms with van der Waals surface area (Å²) in [7, 11) is 1.97. The second kappa shape index (κ2) is 8.99. The number of thiazole rings is 1. The Kier molecular flexibility index (Phi) is 6.99. The van der Waals surface area contributed by atoms with Gasteiger partial charge < -0.3 is 5.32 Å². The first-order valence-electron chi connectivity index (χ1n) is 8.41. The van der Waals surface area contributed by atoms with Crippen molar-refractivity contribution in [1.82, 2.24) is 15.2 Å². The molecule has 0 saturated heterocycles. The van der Waals surface area contributed by atoms with Gasteiger partial charge in [0.05, 0.1) is 23.3 Å². The van der Waals surface area contributed by atoms with Crippen molar-refractivity contribution in [2.45, 2.75) is 52.1 Å². The van der Waals surface area contributed by atoms with Gasteiger partial charge in [0.15, 0.2) is 0 Å². The molecule has 5 heteroatoms. The van der Waals surface area contributed by atoms with E-state index in [9.17, 15) is 4.79 Å². The van der Waals surface area contributed by atoms with E-state index >= 15 is 0 Å². The molecule has 2 aromatic rings. The van der Waals surface area contributed by atoms with Gasteiger partial charge in [-0.3, -0.25) is 9.69 Å².